The maximum absolute atomic E-state index is 15.3. The average Bonchev–Trinajstić information content (AvgIpc) is 3.36. The van der Waals surface area contributed by atoms with Gasteiger partial charge in [-0.25, -0.2) is 8.96 Å². The van der Waals surface area contributed by atoms with Crippen molar-refractivity contribution in [2.45, 2.75) is 33.1 Å². The molecule has 0 bridgehead atoms. The van der Waals surface area contributed by atoms with E-state index >= 15 is 4.39 Å². The highest BCUT2D eigenvalue weighted by molar-refractivity contribution is 6.13. The number of hydrogen-bond acceptors (Lipinski definition) is 0. The number of aryl methyl sites for hydroxylation is 2. The Bertz CT molecular complexity index is 2460. The van der Waals surface area contributed by atoms with E-state index in [0.717, 1.165) is 27.4 Å². The first-order valence-corrected chi connectivity index (χ1v) is 15.3. The number of hydrogen-bond donors (Lipinski definition) is 0. The lowest BCUT2D eigenvalue weighted by Crippen LogP contribution is -2.31. The van der Waals surface area contributed by atoms with Crippen LogP contribution in [-0.4, -0.2) is 4.57 Å². The fourth-order valence-corrected chi connectivity index (χ4v) is 7.28. The van der Waals surface area contributed by atoms with Crippen molar-refractivity contribution in [1.29, 1.82) is 0 Å². The molecule has 3 heteroatoms. The number of aromatic nitrogens is 2. The van der Waals surface area contributed by atoms with E-state index in [1.807, 2.05) is 18.2 Å². The van der Waals surface area contributed by atoms with Crippen LogP contribution < -0.4 is 4.57 Å². The van der Waals surface area contributed by atoms with Crippen LogP contribution in [0.25, 0.3) is 71.1 Å². The number of benzene rings is 6. The summed E-state index contributed by atoms with van der Waals surface area (Å²) in [4.78, 5) is 0. The van der Waals surface area contributed by atoms with Crippen LogP contribution in [0.5, 0.6) is 0 Å². The lowest BCUT2D eigenvalue weighted by atomic mass is 9.80. The molecule has 0 aliphatic heterocycles. The molecule has 0 atom stereocenters. The van der Waals surface area contributed by atoms with Crippen molar-refractivity contribution in [2.24, 2.45) is 7.05 Å². The molecule has 2 nitrogen and oxygen atoms in total. The Morgan fingerprint density at radius 3 is 2.14 bits per heavy atom. The van der Waals surface area contributed by atoms with Crippen molar-refractivity contribution in [1.82, 2.24) is 4.57 Å². The predicted octanol–water partition coefficient (Wildman–Crippen LogP) is 10.5. The molecule has 214 valence electrons. The van der Waals surface area contributed by atoms with E-state index in [1.165, 1.54) is 49.3 Å². The van der Waals surface area contributed by atoms with Gasteiger partial charge in [-0.1, -0.05) is 87.5 Å². The lowest BCUT2D eigenvalue weighted by molar-refractivity contribution is -0.659. The standard InChI is InChI=1S/C41H34FN2/c1-25-28-11-6-7-12-31(28)36(41(2,3)4)24-35(25)39-34-19-17-26-23-27(18-20-29(26)30(34)21-22-43(39)5)44-38-16-9-8-13-32(38)33-14-10-15-37(42)40(33)44/h6-24H,1-5H3/q+1. The smallest absolute Gasteiger partial charge is 0.220 e. The Morgan fingerprint density at radius 1 is 0.636 bits per heavy atom. The second-order valence-electron chi connectivity index (χ2n) is 13.1. The molecule has 2 heterocycles. The minimum absolute atomic E-state index is 0.000585. The highest BCUT2D eigenvalue weighted by atomic mass is 19.1. The Labute approximate surface area is 256 Å². The van der Waals surface area contributed by atoms with Gasteiger partial charge in [0.2, 0.25) is 5.69 Å². The average molecular weight is 574 g/mol. The second-order valence-corrected chi connectivity index (χ2v) is 13.1. The molecule has 8 rings (SSSR count). The van der Waals surface area contributed by atoms with E-state index in [1.54, 1.807) is 12.1 Å². The molecule has 0 unspecified atom stereocenters. The van der Waals surface area contributed by atoms with Gasteiger partial charge >= 0.3 is 0 Å². The van der Waals surface area contributed by atoms with Crippen LogP contribution in [0.4, 0.5) is 4.39 Å². The summed E-state index contributed by atoms with van der Waals surface area (Å²) in [6.07, 6.45) is 2.18. The molecule has 0 radical (unpaired) electrons. The van der Waals surface area contributed by atoms with Crippen LogP contribution in [0, 0.1) is 12.7 Å². The molecule has 0 aliphatic rings. The molecule has 0 fully saturated rings. The number of pyridine rings is 1. The van der Waals surface area contributed by atoms with Crippen molar-refractivity contribution < 1.29 is 8.96 Å². The quantitative estimate of drug-likeness (QED) is 0.144. The normalized spacial score (nSPS) is 12.3. The Kier molecular flexibility index (Phi) is 5.74. The molecule has 0 aliphatic carbocycles. The number of rotatable bonds is 2. The summed E-state index contributed by atoms with van der Waals surface area (Å²) in [6, 6.07) is 38.0. The Balaban J connectivity index is 1.39. The van der Waals surface area contributed by atoms with Crippen LogP contribution >= 0.6 is 0 Å². The summed E-state index contributed by atoms with van der Waals surface area (Å²) in [6.45, 7) is 9.14. The topological polar surface area (TPSA) is 8.81 Å². The van der Waals surface area contributed by atoms with Gasteiger partial charge in [-0.3, -0.25) is 0 Å². The zero-order valence-electron chi connectivity index (χ0n) is 25.7. The largest absolute Gasteiger partial charge is 0.307 e. The summed E-state index contributed by atoms with van der Waals surface area (Å²) >= 11 is 0. The van der Waals surface area contributed by atoms with E-state index in [2.05, 4.69) is 129 Å². The SMILES string of the molecule is Cc1c(-c2c3ccc4cc(-n5c6ccccc6c6cccc(F)c65)ccc4c3cc[n+]2C)cc(C(C)(C)C)c2ccccc12. The second kappa shape index (κ2) is 9.49. The maximum Gasteiger partial charge on any atom is 0.220 e. The summed E-state index contributed by atoms with van der Waals surface area (Å²) in [7, 11) is 2.14. The van der Waals surface area contributed by atoms with Gasteiger partial charge in [-0.2, -0.15) is 0 Å². The number of nitrogens with zero attached hydrogens (tertiary/aromatic N) is 2. The first kappa shape index (κ1) is 26.6. The highest BCUT2D eigenvalue weighted by Crippen LogP contribution is 2.40. The van der Waals surface area contributed by atoms with Crippen molar-refractivity contribution in [3.8, 4) is 16.9 Å². The van der Waals surface area contributed by atoms with E-state index in [0.29, 0.717) is 5.52 Å². The molecular weight excluding hydrogens is 539 g/mol. The number of fused-ring (bicyclic) bond motifs is 7. The van der Waals surface area contributed by atoms with E-state index in [-0.39, 0.29) is 11.2 Å². The van der Waals surface area contributed by atoms with Gasteiger partial charge in [0.05, 0.1) is 22.0 Å². The van der Waals surface area contributed by atoms with Crippen LogP contribution in [0.1, 0.15) is 31.9 Å². The van der Waals surface area contributed by atoms with Gasteiger partial charge in [-0.15, -0.1) is 0 Å². The van der Waals surface area contributed by atoms with Crippen LogP contribution in [-0.2, 0) is 12.5 Å². The maximum atomic E-state index is 15.3. The van der Waals surface area contributed by atoms with E-state index in [4.69, 9.17) is 0 Å². The molecule has 0 N–H and O–H groups in total. The lowest BCUT2D eigenvalue weighted by Gasteiger charge is -2.24. The third-order valence-corrected chi connectivity index (χ3v) is 9.40. The monoisotopic (exact) mass is 573 g/mol. The van der Waals surface area contributed by atoms with Crippen LogP contribution in [0.3, 0.4) is 0 Å². The van der Waals surface area contributed by atoms with Crippen molar-refractivity contribution >= 4 is 54.1 Å². The molecule has 2 aromatic heterocycles. The van der Waals surface area contributed by atoms with E-state index in [9.17, 15) is 0 Å². The van der Waals surface area contributed by atoms with Crippen molar-refractivity contribution in [2.75, 3.05) is 0 Å². The van der Waals surface area contributed by atoms with Gasteiger partial charge in [0.1, 0.15) is 12.9 Å². The van der Waals surface area contributed by atoms with E-state index < -0.39 is 0 Å². The molecular formula is C41H34FN2+. The molecule has 8 aromatic rings. The van der Waals surface area contributed by atoms with Gasteiger partial charge in [-0.05, 0) is 81.4 Å². The molecule has 6 aromatic carbocycles. The van der Waals surface area contributed by atoms with Crippen LogP contribution in [0.15, 0.2) is 115 Å². The van der Waals surface area contributed by atoms with Crippen molar-refractivity contribution in [3.05, 3.63) is 132 Å². The molecule has 0 saturated carbocycles. The van der Waals surface area contributed by atoms with Crippen LogP contribution in [0.2, 0.25) is 0 Å². The Morgan fingerprint density at radius 2 is 1.34 bits per heavy atom. The third-order valence-electron chi connectivity index (χ3n) is 9.40. The third kappa shape index (κ3) is 3.82. The summed E-state index contributed by atoms with van der Waals surface area (Å²) in [5, 5.41) is 9.34. The molecule has 0 saturated heterocycles. The summed E-state index contributed by atoms with van der Waals surface area (Å²) in [5.41, 5.74) is 7.70. The van der Waals surface area contributed by atoms with Crippen molar-refractivity contribution in [3.63, 3.8) is 0 Å². The minimum atomic E-state index is -0.213. The fourth-order valence-electron chi connectivity index (χ4n) is 7.28. The number of halogens is 1. The zero-order chi connectivity index (χ0) is 30.3. The first-order valence-electron chi connectivity index (χ1n) is 15.3. The molecule has 0 amide bonds. The minimum Gasteiger partial charge on any atom is -0.307 e. The van der Waals surface area contributed by atoms with Gasteiger partial charge < -0.3 is 4.57 Å². The van der Waals surface area contributed by atoms with Gasteiger partial charge in [0, 0.05) is 27.9 Å². The fraction of sp³-hybridized carbons (Fsp3) is 0.146. The summed E-state index contributed by atoms with van der Waals surface area (Å²) < 4.78 is 19.7. The molecule has 0 spiro atoms. The Hall–Kier alpha value is -5.02. The zero-order valence-corrected chi connectivity index (χ0v) is 25.7. The van der Waals surface area contributed by atoms with Gasteiger partial charge in [0.15, 0.2) is 6.20 Å². The summed E-state index contributed by atoms with van der Waals surface area (Å²) in [5.74, 6) is -0.213. The number of para-hydroxylation sites is 2. The highest BCUT2D eigenvalue weighted by Gasteiger charge is 2.25. The first-order chi connectivity index (χ1) is 21.2. The van der Waals surface area contributed by atoms with Gasteiger partial charge in [0.25, 0.3) is 0 Å². The predicted molar refractivity (Wildman–Crippen MR) is 183 cm³/mol. The molecule has 44 heavy (non-hydrogen) atoms.